The summed E-state index contributed by atoms with van der Waals surface area (Å²) in [6.07, 6.45) is -2.10. The van der Waals surface area contributed by atoms with Crippen LogP contribution in [0.5, 0.6) is 5.88 Å². The third kappa shape index (κ3) is 8.41. The number of aryl methyl sites for hydroxylation is 1. The highest BCUT2D eigenvalue weighted by Gasteiger charge is 2.31. The second-order valence-corrected chi connectivity index (χ2v) is 12.5. The van der Waals surface area contributed by atoms with Gasteiger partial charge in [0.2, 0.25) is 5.88 Å². The molecule has 0 spiro atoms. The molecule has 218 valence electrons. The number of hydrogen-bond acceptors (Lipinski definition) is 8. The van der Waals surface area contributed by atoms with Crippen molar-refractivity contribution in [3.05, 3.63) is 63.9 Å². The van der Waals surface area contributed by atoms with Crippen molar-refractivity contribution in [1.82, 2.24) is 20.1 Å². The fourth-order valence-electron chi connectivity index (χ4n) is 3.92. The van der Waals surface area contributed by atoms with Gasteiger partial charge in [0.25, 0.3) is 11.8 Å². The number of aromatic nitrogens is 3. The number of anilines is 1. The molecular weight excluding hydrogens is 587 g/mol. The summed E-state index contributed by atoms with van der Waals surface area (Å²) in [5, 5.41) is 18.6. The molecule has 1 atom stereocenters. The third-order valence-electron chi connectivity index (χ3n) is 5.28. The van der Waals surface area contributed by atoms with Gasteiger partial charge in [-0.05, 0) is 50.6 Å². The maximum Gasteiger partial charge on any atom is 0.422 e. The lowest BCUT2D eigenvalue weighted by atomic mass is 10.0. The Labute approximate surface area is 238 Å². The molecule has 1 unspecified atom stereocenters. The lowest BCUT2D eigenvalue weighted by molar-refractivity contribution is -0.154. The first kappa shape index (κ1) is 31.4. The van der Waals surface area contributed by atoms with E-state index in [-0.39, 0.29) is 39.1 Å². The highest BCUT2D eigenvalue weighted by atomic mass is 35.5. The van der Waals surface area contributed by atoms with E-state index in [0.29, 0.717) is 5.56 Å². The summed E-state index contributed by atoms with van der Waals surface area (Å²) in [5.41, 5.74) is -1.12. The van der Waals surface area contributed by atoms with Gasteiger partial charge in [-0.3, -0.25) is 18.6 Å². The number of pyridine rings is 1. The van der Waals surface area contributed by atoms with Crippen molar-refractivity contribution in [2.24, 2.45) is 0 Å². The zero-order valence-corrected chi connectivity index (χ0v) is 23.8. The minimum atomic E-state index is -4.67. The molecular formula is C25H25ClF3N7O4S. The van der Waals surface area contributed by atoms with Crippen molar-refractivity contribution < 1.29 is 31.7 Å². The van der Waals surface area contributed by atoms with Gasteiger partial charge >= 0.3 is 6.18 Å². The first-order valence-electron chi connectivity index (χ1n) is 11.7. The summed E-state index contributed by atoms with van der Waals surface area (Å²) in [6.45, 7) is 3.00. The number of carbonyl (C=O) groups is 2. The fraction of sp³-hybridized carbons (Fsp3) is 0.320. The standard InChI is InChI=1S/C25H25ClF3N7O4S/c1-14-8-15(11-30)9-16(22(37)34-24(2,3)13-41(4,31)39)20(14)33-23(38)18-10-19(40-12-25(27,28)29)35-36(18)21-17(26)6-5-7-32-21/h5-10,31H,12-13H2,1-4H3,(H,33,38)(H,34,37). The van der Waals surface area contributed by atoms with Crippen LogP contribution in [0.2, 0.25) is 5.02 Å². The normalized spacial score (nSPS) is 13.1. The maximum absolute atomic E-state index is 13.5. The van der Waals surface area contributed by atoms with E-state index < -0.39 is 45.7 Å². The number of rotatable bonds is 9. The molecule has 2 heterocycles. The molecule has 0 saturated carbocycles. The summed E-state index contributed by atoms with van der Waals surface area (Å²) in [5.74, 6) is -2.43. The van der Waals surface area contributed by atoms with E-state index in [9.17, 15) is 32.2 Å². The summed E-state index contributed by atoms with van der Waals surface area (Å²) in [7, 11) is -2.99. The first-order chi connectivity index (χ1) is 18.9. The number of hydrogen-bond donors (Lipinski definition) is 3. The monoisotopic (exact) mass is 611 g/mol. The molecule has 2 aromatic heterocycles. The second-order valence-electron chi connectivity index (χ2n) is 9.76. The van der Waals surface area contributed by atoms with E-state index in [2.05, 4.69) is 20.7 Å². The van der Waals surface area contributed by atoms with Crippen molar-refractivity contribution in [2.45, 2.75) is 32.5 Å². The van der Waals surface area contributed by atoms with Gasteiger partial charge in [-0.2, -0.15) is 18.4 Å². The van der Waals surface area contributed by atoms with Crippen LogP contribution >= 0.6 is 11.6 Å². The minimum Gasteiger partial charge on any atom is -0.467 e. The topological polar surface area (TPSA) is 163 Å². The van der Waals surface area contributed by atoms with Crippen molar-refractivity contribution in [1.29, 1.82) is 10.0 Å². The van der Waals surface area contributed by atoms with E-state index in [4.69, 9.17) is 21.1 Å². The predicted octanol–water partition coefficient (Wildman–Crippen LogP) is 4.48. The Morgan fingerprint density at radius 1 is 1.24 bits per heavy atom. The van der Waals surface area contributed by atoms with E-state index in [1.54, 1.807) is 13.8 Å². The molecule has 3 N–H and O–H groups in total. The minimum absolute atomic E-state index is 0.0111. The number of halogens is 4. The zero-order chi connectivity index (χ0) is 30.8. The number of amides is 2. The first-order valence-corrected chi connectivity index (χ1v) is 14.2. The number of carbonyl (C=O) groups excluding carboxylic acids is 2. The molecule has 0 radical (unpaired) electrons. The van der Waals surface area contributed by atoms with Crippen LogP contribution in [0.25, 0.3) is 5.82 Å². The molecule has 3 rings (SSSR count). The Morgan fingerprint density at radius 3 is 2.51 bits per heavy atom. The van der Waals surface area contributed by atoms with Crippen LogP contribution in [0.15, 0.2) is 36.5 Å². The average Bonchev–Trinajstić information content (AvgIpc) is 3.26. The van der Waals surface area contributed by atoms with E-state index in [1.807, 2.05) is 6.07 Å². The highest BCUT2D eigenvalue weighted by Crippen LogP contribution is 2.28. The van der Waals surface area contributed by atoms with Crippen molar-refractivity contribution >= 4 is 38.8 Å². The van der Waals surface area contributed by atoms with Crippen LogP contribution in [0.3, 0.4) is 0 Å². The quantitative estimate of drug-likeness (QED) is 0.321. The highest BCUT2D eigenvalue weighted by molar-refractivity contribution is 7.91. The molecule has 0 aliphatic heterocycles. The van der Waals surface area contributed by atoms with Gasteiger partial charge in [-0.25, -0.2) is 9.67 Å². The molecule has 0 aliphatic rings. The van der Waals surface area contributed by atoms with Gasteiger partial charge in [0, 0.05) is 33.8 Å². The Balaban J connectivity index is 2.06. The molecule has 11 nitrogen and oxygen atoms in total. The number of ether oxygens (including phenoxy) is 1. The second kappa shape index (κ2) is 11.8. The number of benzene rings is 1. The van der Waals surface area contributed by atoms with Crippen molar-refractivity contribution in [3.8, 4) is 17.8 Å². The average molecular weight is 612 g/mol. The molecule has 0 fully saturated rings. The molecule has 16 heteroatoms. The zero-order valence-electron chi connectivity index (χ0n) is 22.2. The lowest BCUT2D eigenvalue weighted by Crippen LogP contribution is -2.48. The van der Waals surface area contributed by atoms with Crippen molar-refractivity contribution in [2.75, 3.05) is 23.9 Å². The summed E-state index contributed by atoms with van der Waals surface area (Å²) in [4.78, 5) is 30.9. The summed E-state index contributed by atoms with van der Waals surface area (Å²) in [6, 6.07) is 8.48. The van der Waals surface area contributed by atoms with Gasteiger partial charge in [0.05, 0.1) is 33.7 Å². The summed E-state index contributed by atoms with van der Waals surface area (Å²) >= 11 is 6.19. The maximum atomic E-state index is 13.5. The molecule has 1 aromatic carbocycles. The van der Waals surface area contributed by atoms with Gasteiger partial charge in [0.1, 0.15) is 5.69 Å². The van der Waals surface area contributed by atoms with Gasteiger partial charge < -0.3 is 15.4 Å². The largest absolute Gasteiger partial charge is 0.467 e. The smallest absolute Gasteiger partial charge is 0.422 e. The molecule has 0 bridgehead atoms. The van der Waals surface area contributed by atoms with Gasteiger partial charge in [0.15, 0.2) is 12.4 Å². The summed E-state index contributed by atoms with van der Waals surface area (Å²) < 4.78 is 63.6. The van der Waals surface area contributed by atoms with Crippen LogP contribution in [-0.4, -0.2) is 61.1 Å². The Kier molecular flexibility index (Phi) is 8.99. The number of nitrogens with one attached hydrogen (secondary N) is 3. The Hall–Kier alpha value is -4.16. The third-order valence-corrected chi connectivity index (χ3v) is 6.85. The van der Waals surface area contributed by atoms with Crippen molar-refractivity contribution in [3.63, 3.8) is 0 Å². The SMILES string of the molecule is Cc1cc(C#N)cc(C(=O)NC(C)(C)CS(C)(=N)=O)c1NC(=O)c1cc(OCC(F)(F)F)nn1-c1ncccc1Cl. The predicted molar refractivity (Wildman–Crippen MR) is 145 cm³/mol. The van der Waals surface area contributed by atoms with Crippen LogP contribution in [0, 0.1) is 23.0 Å². The van der Waals surface area contributed by atoms with E-state index in [1.165, 1.54) is 43.6 Å². The van der Waals surface area contributed by atoms with Crippen LogP contribution < -0.4 is 15.4 Å². The molecule has 0 saturated heterocycles. The molecule has 0 aliphatic carbocycles. The number of nitrogens with zero attached hydrogens (tertiary/aromatic N) is 4. The molecule has 2 amide bonds. The Bertz CT molecular complexity index is 1650. The number of alkyl halides is 3. The molecule has 41 heavy (non-hydrogen) atoms. The van der Waals surface area contributed by atoms with Crippen LogP contribution in [0.1, 0.15) is 45.8 Å². The number of nitriles is 1. The fourth-order valence-corrected chi connectivity index (χ4v) is 5.57. The Morgan fingerprint density at radius 2 is 1.93 bits per heavy atom. The van der Waals surface area contributed by atoms with Gasteiger partial charge in [-0.15, -0.1) is 5.10 Å². The van der Waals surface area contributed by atoms with Crippen LogP contribution in [0.4, 0.5) is 18.9 Å². The van der Waals surface area contributed by atoms with Crippen LogP contribution in [-0.2, 0) is 9.73 Å². The van der Waals surface area contributed by atoms with Gasteiger partial charge in [-0.1, -0.05) is 11.6 Å². The molecule has 3 aromatic rings. The van der Waals surface area contributed by atoms with E-state index >= 15 is 0 Å². The lowest BCUT2D eigenvalue weighted by Gasteiger charge is -2.27. The van der Waals surface area contributed by atoms with E-state index in [0.717, 1.165) is 10.7 Å².